The van der Waals surface area contributed by atoms with E-state index in [4.69, 9.17) is 32.4 Å². The van der Waals surface area contributed by atoms with Gasteiger partial charge in [0.15, 0.2) is 17.1 Å². The molecule has 5 rings (SSSR count). The normalized spacial score (nSPS) is 10.2. The molecule has 5 aromatic rings. The average Bonchev–Trinajstić information content (AvgIpc) is 3.60. The SMILES string of the molecule is O=C(O)c1coc(-c2coc(-c3cccc(-c4nc(-c5ncco5)co4)c3)n2)n1.O=C=O. The van der Waals surface area contributed by atoms with Gasteiger partial charge in [-0.2, -0.15) is 9.59 Å². The lowest BCUT2D eigenvalue weighted by Crippen LogP contribution is -1.95. The number of oxazole rings is 4. The highest BCUT2D eigenvalue weighted by molar-refractivity contribution is 5.85. The number of rotatable bonds is 5. The molecule has 1 aromatic carbocycles. The van der Waals surface area contributed by atoms with Crippen LogP contribution < -0.4 is 0 Å². The first-order valence-corrected chi connectivity index (χ1v) is 8.69. The van der Waals surface area contributed by atoms with Crippen molar-refractivity contribution in [3.63, 3.8) is 0 Å². The standard InChI is InChI=1S/C19H10N4O6.CO2/c24-19(25)14-9-29-18(23-14)13-8-28-16(22-13)11-3-1-2-10(6-11)15-21-12(7-27-15)17-20-4-5-26-17;2-1-3/h1-9H,(H,24,25);. The summed E-state index contributed by atoms with van der Waals surface area (Å²) in [4.78, 5) is 43.8. The fourth-order valence-corrected chi connectivity index (χ4v) is 2.63. The van der Waals surface area contributed by atoms with Crippen molar-refractivity contribution in [2.45, 2.75) is 0 Å². The van der Waals surface area contributed by atoms with Crippen LogP contribution in [0.5, 0.6) is 0 Å². The van der Waals surface area contributed by atoms with Crippen LogP contribution in [0.2, 0.25) is 0 Å². The fourth-order valence-electron chi connectivity index (χ4n) is 2.63. The van der Waals surface area contributed by atoms with E-state index in [2.05, 4.69) is 19.9 Å². The van der Waals surface area contributed by atoms with E-state index >= 15 is 0 Å². The van der Waals surface area contributed by atoms with Crippen LogP contribution in [0.1, 0.15) is 10.5 Å². The summed E-state index contributed by atoms with van der Waals surface area (Å²) < 4.78 is 21.4. The van der Waals surface area contributed by atoms with Crippen LogP contribution >= 0.6 is 0 Å². The molecule has 0 aliphatic heterocycles. The number of carboxylic acid groups (broad SMARTS) is 1. The lowest BCUT2D eigenvalue weighted by atomic mass is 10.1. The molecular formula is C20H10N4O8. The van der Waals surface area contributed by atoms with Crippen molar-refractivity contribution in [3.05, 3.63) is 61.2 Å². The van der Waals surface area contributed by atoms with Gasteiger partial charge in [0.1, 0.15) is 25.1 Å². The monoisotopic (exact) mass is 434 g/mol. The van der Waals surface area contributed by atoms with Crippen molar-refractivity contribution in [2.75, 3.05) is 0 Å². The zero-order chi connectivity index (χ0) is 22.5. The Morgan fingerprint density at radius 2 is 1.41 bits per heavy atom. The smallest absolute Gasteiger partial charge is 0.373 e. The number of carbonyl (C=O) groups excluding carboxylic acids is 2. The number of hydrogen-bond donors (Lipinski definition) is 1. The summed E-state index contributed by atoms with van der Waals surface area (Å²) in [5.74, 6) is -0.0921. The van der Waals surface area contributed by atoms with Crippen LogP contribution in [-0.2, 0) is 9.59 Å². The third-order valence-corrected chi connectivity index (χ3v) is 3.96. The van der Waals surface area contributed by atoms with E-state index in [1.807, 2.05) is 6.07 Å². The second kappa shape index (κ2) is 8.73. The minimum atomic E-state index is -1.19. The largest absolute Gasteiger partial charge is 0.476 e. The fraction of sp³-hybridized carbons (Fsp3) is 0. The average molecular weight is 434 g/mol. The van der Waals surface area contributed by atoms with E-state index in [0.29, 0.717) is 34.5 Å². The molecule has 4 aromatic heterocycles. The molecule has 0 fully saturated rings. The third kappa shape index (κ3) is 4.10. The van der Waals surface area contributed by atoms with Gasteiger partial charge in [-0.15, -0.1) is 0 Å². The third-order valence-electron chi connectivity index (χ3n) is 3.96. The van der Waals surface area contributed by atoms with Gasteiger partial charge in [0.2, 0.25) is 23.6 Å². The molecule has 158 valence electrons. The summed E-state index contributed by atoms with van der Waals surface area (Å²) in [5.41, 5.74) is 1.91. The van der Waals surface area contributed by atoms with Crippen LogP contribution in [-0.4, -0.2) is 37.2 Å². The molecule has 0 spiro atoms. The van der Waals surface area contributed by atoms with Crippen molar-refractivity contribution >= 4 is 12.1 Å². The predicted molar refractivity (Wildman–Crippen MR) is 100 cm³/mol. The Hall–Kier alpha value is -5.09. The summed E-state index contributed by atoms with van der Waals surface area (Å²) in [7, 11) is 0. The van der Waals surface area contributed by atoms with Gasteiger partial charge in [-0.1, -0.05) is 6.07 Å². The maximum Gasteiger partial charge on any atom is 0.373 e. The Morgan fingerprint density at radius 1 is 0.812 bits per heavy atom. The van der Waals surface area contributed by atoms with Gasteiger partial charge < -0.3 is 22.8 Å². The van der Waals surface area contributed by atoms with E-state index in [0.717, 1.165) is 6.26 Å². The molecule has 0 aliphatic rings. The van der Waals surface area contributed by atoms with Crippen LogP contribution in [0.25, 0.3) is 46.1 Å². The maximum atomic E-state index is 10.9. The molecule has 0 saturated heterocycles. The Balaban J connectivity index is 0.000000775. The van der Waals surface area contributed by atoms with Crippen LogP contribution in [0, 0.1) is 0 Å². The summed E-state index contributed by atoms with van der Waals surface area (Å²) >= 11 is 0. The van der Waals surface area contributed by atoms with Gasteiger partial charge in [0, 0.05) is 11.1 Å². The highest BCUT2D eigenvalue weighted by Gasteiger charge is 2.17. The Labute approximate surface area is 177 Å². The number of aromatic carboxylic acids is 1. The first-order valence-electron chi connectivity index (χ1n) is 8.69. The van der Waals surface area contributed by atoms with Gasteiger partial charge in [-0.25, -0.2) is 24.7 Å². The summed E-state index contributed by atoms with van der Waals surface area (Å²) in [6, 6.07) is 7.22. The van der Waals surface area contributed by atoms with Crippen LogP contribution in [0.4, 0.5) is 0 Å². The van der Waals surface area contributed by atoms with E-state index in [1.165, 1.54) is 25.0 Å². The molecule has 0 radical (unpaired) electrons. The van der Waals surface area contributed by atoms with Crippen LogP contribution in [0.15, 0.2) is 73.2 Å². The van der Waals surface area contributed by atoms with Crippen LogP contribution in [0.3, 0.4) is 0 Å². The van der Waals surface area contributed by atoms with Gasteiger partial charge in [-0.3, -0.25) is 0 Å². The number of carboxylic acids is 1. The molecular weight excluding hydrogens is 424 g/mol. The first-order chi connectivity index (χ1) is 15.6. The Morgan fingerprint density at radius 3 is 1.94 bits per heavy atom. The lowest BCUT2D eigenvalue weighted by Gasteiger charge is -1.98. The summed E-state index contributed by atoms with van der Waals surface area (Å²) in [5, 5.41) is 8.94. The van der Waals surface area contributed by atoms with E-state index in [1.54, 1.807) is 18.2 Å². The number of aromatic nitrogens is 4. The zero-order valence-corrected chi connectivity index (χ0v) is 15.8. The van der Waals surface area contributed by atoms with Crippen molar-refractivity contribution in [3.8, 4) is 46.1 Å². The van der Waals surface area contributed by atoms with Gasteiger partial charge in [0.05, 0.1) is 6.20 Å². The van der Waals surface area contributed by atoms with Gasteiger partial charge in [-0.05, 0) is 18.2 Å². The summed E-state index contributed by atoms with van der Waals surface area (Å²) in [6.45, 7) is 0. The molecule has 12 heteroatoms. The van der Waals surface area contributed by atoms with Crippen molar-refractivity contribution in [1.82, 2.24) is 19.9 Å². The molecule has 0 saturated carbocycles. The number of hydrogen-bond acceptors (Lipinski definition) is 11. The second-order valence-electron chi connectivity index (χ2n) is 5.92. The maximum absolute atomic E-state index is 10.9. The number of benzene rings is 1. The number of carbonyl (C=O) groups is 1. The molecule has 4 heterocycles. The molecule has 32 heavy (non-hydrogen) atoms. The predicted octanol–water partition coefficient (Wildman–Crippen LogP) is 3.42. The van der Waals surface area contributed by atoms with E-state index < -0.39 is 5.97 Å². The molecule has 0 bridgehead atoms. The van der Waals surface area contributed by atoms with Crippen molar-refractivity contribution in [1.29, 1.82) is 0 Å². The Bertz CT molecular complexity index is 1390. The highest BCUT2D eigenvalue weighted by Crippen LogP contribution is 2.29. The molecule has 0 aliphatic carbocycles. The van der Waals surface area contributed by atoms with E-state index in [-0.39, 0.29) is 23.4 Å². The molecule has 0 unspecified atom stereocenters. The minimum Gasteiger partial charge on any atom is -0.476 e. The van der Waals surface area contributed by atoms with Gasteiger partial charge in [0.25, 0.3) is 0 Å². The lowest BCUT2D eigenvalue weighted by molar-refractivity contribution is -0.191. The molecule has 1 N–H and O–H groups in total. The molecule has 12 nitrogen and oxygen atoms in total. The Kier molecular flexibility index (Phi) is 5.51. The summed E-state index contributed by atoms with van der Waals surface area (Å²) in [6.07, 6.45) is 7.07. The second-order valence-corrected chi connectivity index (χ2v) is 5.92. The molecule has 0 amide bonds. The van der Waals surface area contributed by atoms with Crippen molar-refractivity contribution in [2.24, 2.45) is 0 Å². The zero-order valence-electron chi connectivity index (χ0n) is 15.8. The topological polar surface area (TPSA) is 176 Å². The van der Waals surface area contributed by atoms with Gasteiger partial charge >= 0.3 is 12.1 Å². The van der Waals surface area contributed by atoms with E-state index in [9.17, 15) is 4.79 Å². The first kappa shape index (κ1) is 20.2. The minimum absolute atomic E-state index is 0.0526. The quantitative estimate of drug-likeness (QED) is 0.427. The highest BCUT2D eigenvalue weighted by atomic mass is 16.4. The number of nitrogens with zero attached hydrogens (tertiary/aromatic N) is 4. The van der Waals surface area contributed by atoms with Crippen molar-refractivity contribution < 1.29 is 37.2 Å². The molecule has 0 atom stereocenters.